The van der Waals surface area contributed by atoms with Crippen molar-refractivity contribution >= 4 is 21.6 Å². The summed E-state index contributed by atoms with van der Waals surface area (Å²) in [6.07, 6.45) is 0.600. The Morgan fingerprint density at radius 1 is 0.875 bits per heavy atom. The number of anilines is 1. The van der Waals surface area contributed by atoms with Gasteiger partial charge in [-0.25, -0.2) is 13.1 Å². The van der Waals surface area contributed by atoms with E-state index in [9.17, 15) is 13.2 Å². The SMILES string of the molecule is CCOc1ccccc1NC(=O)COc1ccc(S(=O)(=O)NCCc2ccccc2)cc1. The Bertz CT molecular complexity index is 1120. The minimum atomic E-state index is -3.63. The normalized spacial score (nSPS) is 11.0. The minimum Gasteiger partial charge on any atom is -0.492 e. The molecular formula is C24H26N2O5S. The number of carbonyl (C=O) groups excluding carboxylic acids is 1. The van der Waals surface area contributed by atoms with Gasteiger partial charge in [0.25, 0.3) is 5.91 Å². The van der Waals surface area contributed by atoms with Crippen LogP contribution in [0.1, 0.15) is 12.5 Å². The first-order valence-corrected chi connectivity index (χ1v) is 11.7. The third kappa shape index (κ3) is 6.83. The number of nitrogens with one attached hydrogen (secondary N) is 2. The Kier molecular flexibility index (Phi) is 8.24. The highest BCUT2D eigenvalue weighted by molar-refractivity contribution is 7.89. The van der Waals surface area contributed by atoms with Gasteiger partial charge in [-0.1, -0.05) is 42.5 Å². The number of benzene rings is 3. The molecule has 0 saturated heterocycles. The highest BCUT2D eigenvalue weighted by Gasteiger charge is 2.14. The lowest BCUT2D eigenvalue weighted by atomic mass is 10.2. The molecule has 0 bridgehead atoms. The van der Waals surface area contributed by atoms with Gasteiger partial charge < -0.3 is 14.8 Å². The minimum absolute atomic E-state index is 0.132. The van der Waals surface area contributed by atoms with Crippen molar-refractivity contribution in [2.24, 2.45) is 0 Å². The first kappa shape index (κ1) is 23.3. The van der Waals surface area contributed by atoms with Gasteiger partial charge in [-0.05, 0) is 55.3 Å². The lowest BCUT2D eigenvalue weighted by Crippen LogP contribution is -2.26. The van der Waals surface area contributed by atoms with E-state index in [1.807, 2.05) is 43.3 Å². The van der Waals surface area contributed by atoms with Crippen molar-refractivity contribution < 1.29 is 22.7 Å². The van der Waals surface area contributed by atoms with Crippen LogP contribution in [0.25, 0.3) is 0 Å². The van der Waals surface area contributed by atoms with E-state index in [2.05, 4.69) is 10.0 Å². The number of sulfonamides is 1. The zero-order chi connectivity index (χ0) is 22.8. The second-order valence-corrected chi connectivity index (χ2v) is 8.64. The first-order valence-electron chi connectivity index (χ1n) is 10.3. The van der Waals surface area contributed by atoms with Crippen LogP contribution in [0, 0.1) is 0 Å². The maximum absolute atomic E-state index is 12.5. The molecule has 0 aliphatic carbocycles. The summed E-state index contributed by atoms with van der Waals surface area (Å²) in [5.74, 6) is 0.621. The number of rotatable bonds is 11. The molecule has 0 aromatic heterocycles. The molecule has 168 valence electrons. The standard InChI is InChI=1S/C24H26N2O5S/c1-2-30-23-11-7-6-10-22(23)26-24(27)18-31-20-12-14-21(15-13-20)32(28,29)25-17-16-19-8-4-3-5-9-19/h3-15,25H,2,16-18H2,1H3,(H,26,27). The first-order chi connectivity index (χ1) is 15.5. The molecule has 0 spiro atoms. The number of ether oxygens (including phenoxy) is 2. The van der Waals surface area contributed by atoms with Crippen LogP contribution in [0.2, 0.25) is 0 Å². The molecule has 0 aliphatic heterocycles. The predicted octanol–water partition coefficient (Wildman–Crippen LogP) is 3.62. The fraction of sp³-hybridized carbons (Fsp3) is 0.208. The van der Waals surface area contributed by atoms with Gasteiger partial charge >= 0.3 is 0 Å². The van der Waals surface area contributed by atoms with E-state index in [-0.39, 0.29) is 17.4 Å². The number of hydrogen-bond acceptors (Lipinski definition) is 5. The zero-order valence-electron chi connectivity index (χ0n) is 17.8. The number of carbonyl (C=O) groups is 1. The summed E-state index contributed by atoms with van der Waals surface area (Å²) < 4.78 is 38.5. The molecule has 8 heteroatoms. The third-order valence-electron chi connectivity index (χ3n) is 4.51. The van der Waals surface area contributed by atoms with Gasteiger partial charge in [-0.3, -0.25) is 4.79 Å². The van der Waals surface area contributed by atoms with Crippen LogP contribution in [0.3, 0.4) is 0 Å². The molecule has 3 aromatic rings. The van der Waals surface area contributed by atoms with Crippen LogP contribution in [0.15, 0.2) is 83.8 Å². The van der Waals surface area contributed by atoms with Crippen LogP contribution in [-0.2, 0) is 21.2 Å². The lowest BCUT2D eigenvalue weighted by molar-refractivity contribution is -0.118. The van der Waals surface area contributed by atoms with E-state index < -0.39 is 10.0 Å². The van der Waals surface area contributed by atoms with Crippen LogP contribution >= 0.6 is 0 Å². The van der Waals surface area contributed by atoms with Crippen molar-refractivity contribution in [3.63, 3.8) is 0 Å². The molecule has 2 N–H and O–H groups in total. The predicted molar refractivity (Wildman–Crippen MR) is 124 cm³/mol. The van der Waals surface area contributed by atoms with Crippen molar-refractivity contribution in [3.05, 3.63) is 84.4 Å². The van der Waals surface area contributed by atoms with Crippen LogP contribution in [-0.4, -0.2) is 34.1 Å². The highest BCUT2D eigenvalue weighted by atomic mass is 32.2. The van der Waals surface area contributed by atoms with Crippen molar-refractivity contribution in [2.45, 2.75) is 18.2 Å². The van der Waals surface area contributed by atoms with E-state index in [4.69, 9.17) is 9.47 Å². The van der Waals surface area contributed by atoms with E-state index in [0.29, 0.717) is 36.8 Å². The molecule has 3 aromatic carbocycles. The van der Waals surface area contributed by atoms with Crippen LogP contribution < -0.4 is 19.5 Å². The van der Waals surface area contributed by atoms with Crippen molar-refractivity contribution in [1.82, 2.24) is 4.72 Å². The molecule has 0 aliphatic rings. The average Bonchev–Trinajstić information content (AvgIpc) is 2.80. The van der Waals surface area contributed by atoms with Crippen molar-refractivity contribution in [3.8, 4) is 11.5 Å². The summed E-state index contributed by atoms with van der Waals surface area (Å²) in [6.45, 7) is 2.43. The van der Waals surface area contributed by atoms with E-state index in [0.717, 1.165) is 5.56 Å². The smallest absolute Gasteiger partial charge is 0.262 e. The highest BCUT2D eigenvalue weighted by Crippen LogP contribution is 2.23. The number of para-hydroxylation sites is 2. The fourth-order valence-corrected chi connectivity index (χ4v) is 3.99. The lowest BCUT2D eigenvalue weighted by Gasteiger charge is -2.12. The van der Waals surface area contributed by atoms with Gasteiger partial charge in [0.15, 0.2) is 6.61 Å². The Balaban J connectivity index is 1.50. The molecule has 0 heterocycles. The molecule has 0 atom stereocenters. The van der Waals surface area contributed by atoms with Gasteiger partial charge in [0.2, 0.25) is 10.0 Å². The zero-order valence-corrected chi connectivity index (χ0v) is 18.6. The summed E-state index contributed by atoms with van der Waals surface area (Å²) >= 11 is 0. The van der Waals surface area contributed by atoms with Gasteiger partial charge in [-0.15, -0.1) is 0 Å². The molecule has 0 saturated carbocycles. The average molecular weight is 455 g/mol. The second kappa shape index (κ2) is 11.3. The van der Waals surface area contributed by atoms with Gasteiger partial charge in [-0.2, -0.15) is 0 Å². The number of hydrogen-bond donors (Lipinski definition) is 2. The maximum Gasteiger partial charge on any atom is 0.262 e. The van der Waals surface area contributed by atoms with Gasteiger partial charge in [0, 0.05) is 6.54 Å². The summed E-state index contributed by atoms with van der Waals surface area (Å²) in [5, 5.41) is 2.74. The Hall–Kier alpha value is -3.36. The van der Waals surface area contributed by atoms with E-state index in [1.165, 1.54) is 24.3 Å². The summed E-state index contributed by atoms with van der Waals surface area (Å²) in [4.78, 5) is 12.3. The van der Waals surface area contributed by atoms with E-state index in [1.54, 1.807) is 18.2 Å². The third-order valence-corrected chi connectivity index (χ3v) is 5.99. The second-order valence-electron chi connectivity index (χ2n) is 6.87. The molecule has 7 nitrogen and oxygen atoms in total. The monoisotopic (exact) mass is 454 g/mol. The molecule has 0 radical (unpaired) electrons. The number of amides is 1. The van der Waals surface area contributed by atoms with Crippen LogP contribution in [0.5, 0.6) is 11.5 Å². The molecule has 32 heavy (non-hydrogen) atoms. The molecule has 0 unspecified atom stereocenters. The maximum atomic E-state index is 12.5. The van der Waals surface area contributed by atoms with Gasteiger partial charge in [0.1, 0.15) is 11.5 Å². The topological polar surface area (TPSA) is 93.7 Å². The molecule has 3 rings (SSSR count). The van der Waals surface area contributed by atoms with Gasteiger partial charge in [0.05, 0.1) is 17.2 Å². The summed E-state index contributed by atoms with van der Waals surface area (Å²) in [7, 11) is -3.63. The molecule has 1 amide bonds. The molecular weight excluding hydrogens is 428 g/mol. The fourth-order valence-electron chi connectivity index (χ4n) is 2.96. The van der Waals surface area contributed by atoms with Crippen molar-refractivity contribution in [2.75, 3.05) is 25.1 Å². The quantitative estimate of drug-likeness (QED) is 0.462. The van der Waals surface area contributed by atoms with Crippen LogP contribution in [0.4, 0.5) is 5.69 Å². The molecule has 0 fully saturated rings. The summed E-state index contributed by atoms with van der Waals surface area (Å²) in [5.41, 5.74) is 1.62. The Labute approximate surface area is 188 Å². The van der Waals surface area contributed by atoms with Crippen molar-refractivity contribution in [1.29, 1.82) is 0 Å². The Morgan fingerprint density at radius 3 is 2.28 bits per heavy atom. The van der Waals surface area contributed by atoms with E-state index >= 15 is 0 Å². The Morgan fingerprint density at radius 2 is 1.56 bits per heavy atom. The largest absolute Gasteiger partial charge is 0.492 e. The summed E-state index contributed by atoms with van der Waals surface area (Å²) in [6, 6.07) is 22.7.